The molecule has 2 aromatic rings. The molecule has 9 heteroatoms. The largest absolute Gasteiger partial charge is 0.331 e. The standard InChI is InChI=1S/C10H6F5IN2S/c11-4-1-7-6(2-5(4)16)17-9(19)18(7)3-10(14,15)8(12)13/h1-2,8H,3H2,(H,17,19). The van der Waals surface area contributed by atoms with Crippen molar-refractivity contribution >= 4 is 45.8 Å². The summed E-state index contributed by atoms with van der Waals surface area (Å²) < 4.78 is 64.9. The van der Waals surface area contributed by atoms with E-state index in [0.29, 0.717) is 5.52 Å². The number of nitrogens with one attached hydrogen (secondary N) is 1. The van der Waals surface area contributed by atoms with Crippen LogP contribution < -0.4 is 0 Å². The highest BCUT2D eigenvalue weighted by molar-refractivity contribution is 14.1. The van der Waals surface area contributed by atoms with Crippen molar-refractivity contribution in [2.24, 2.45) is 0 Å². The number of nitrogens with zero attached hydrogens (tertiary/aromatic N) is 1. The Bertz CT molecular complexity index is 678. The van der Waals surface area contributed by atoms with Crippen molar-refractivity contribution < 1.29 is 22.0 Å². The Kier molecular flexibility index (Phi) is 3.87. The lowest BCUT2D eigenvalue weighted by Crippen LogP contribution is -2.32. The fourth-order valence-corrected chi connectivity index (χ4v) is 2.33. The maximum Gasteiger partial charge on any atom is 0.324 e. The molecule has 0 saturated heterocycles. The number of hydrogen-bond acceptors (Lipinski definition) is 1. The predicted octanol–water partition coefficient (Wildman–Crippen LogP) is 4.34. The molecule has 0 radical (unpaired) electrons. The van der Waals surface area contributed by atoms with Crippen LogP contribution >= 0.6 is 34.8 Å². The quantitative estimate of drug-likeness (QED) is 0.455. The highest BCUT2D eigenvalue weighted by atomic mass is 127. The van der Waals surface area contributed by atoms with E-state index in [1.54, 1.807) is 22.6 Å². The first-order chi connectivity index (χ1) is 8.72. The fraction of sp³-hybridized carbons (Fsp3) is 0.300. The van der Waals surface area contributed by atoms with Gasteiger partial charge >= 0.3 is 12.3 Å². The Morgan fingerprint density at radius 3 is 2.58 bits per heavy atom. The molecule has 0 bridgehead atoms. The summed E-state index contributed by atoms with van der Waals surface area (Å²) in [5.74, 6) is -4.86. The van der Waals surface area contributed by atoms with Crippen molar-refractivity contribution in [3.8, 4) is 0 Å². The van der Waals surface area contributed by atoms with Crippen LogP contribution in [0.25, 0.3) is 11.0 Å². The highest BCUT2D eigenvalue weighted by Gasteiger charge is 2.41. The Labute approximate surface area is 122 Å². The van der Waals surface area contributed by atoms with Crippen LogP contribution in [0, 0.1) is 14.2 Å². The first kappa shape index (κ1) is 14.7. The van der Waals surface area contributed by atoms with Gasteiger partial charge in [0.2, 0.25) is 0 Å². The van der Waals surface area contributed by atoms with Gasteiger partial charge in [0, 0.05) is 6.07 Å². The SMILES string of the molecule is Fc1cc2c(cc1I)[nH]c(=S)n2CC(F)(F)C(F)F. The number of halogens is 6. The maximum absolute atomic E-state index is 13.4. The van der Waals surface area contributed by atoms with E-state index in [0.717, 1.165) is 10.6 Å². The van der Waals surface area contributed by atoms with Gasteiger partial charge in [-0.25, -0.2) is 13.2 Å². The van der Waals surface area contributed by atoms with Crippen molar-refractivity contribution in [1.29, 1.82) is 0 Å². The summed E-state index contributed by atoms with van der Waals surface area (Å²) in [6, 6.07) is 2.36. The molecule has 1 aromatic heterocycles. The van der Waals surface area contributed by atoms with Crippen LogP contribution in [0.4, 0.5) is 22.0 Å². The summed E-state index contributed by atoms with van der Waals surface area (Å²) in [6.07, 6.45) is -3.81. The van der Waals surface area contributed by atoms with E-state index in [1.165, 1.54) is 6.07 Å². The number of benzene rings is 1. The minimum absolute atomic E-state index is 0.0308. The normalized spacial score (nSPS) is 12.6. The molecule has 0 unspecified atom stereocenters. The van der Waals surface area contributed by atoms with E-state index in [9.17, 15) is 22.0 Å². The number of hydrogen-bond donors (Lipinski definition) is 1. The molecule has 2 nitrogen and oxygen atoms in total. The second kappa shape index (κ2) is 5.00. The molecule has 0 fully saturated rings. The number of H-pyrrole nitrogens is 1. The van der Waals surface area contributed by atoms with Crippen LogP contribution in [0.5, 0.6) is 0 Å². The van der Waals surface area contributed by atoms with Crippen molar-refractivity contribution in [1.82, 2.24) is 9.55 Å². The fourth-order valence-electron chi connectivity index (χ4n) is 1.59. The summed E-state index contributed by atoms with van der Waals surface area (Å²) in [4.78, 5) is 2.58. The van der Waals surface area contributed by atoms with E-state index >= 15 is 0 Å². The number of aromatic amines is 1. The van der Waals surface area contributed by atoms with Crippen LogP contribution in [-0.4, -0.2) is 21.9 Å². The van der Waals surface area contributed by atoms with Gasteiger partial charge in [-0.3, -0.25) is 0 Å². The monoisotopic (exact) mass is 408 g/mol. The van der Waals surface area contributed by atoms with Crippen LogP contribution in [0.15, 0.2) is 12.1 Å². The molecule has 0 aliphatic rings. The van der Waals surface area contributed by atoms with Gasteiger partial charge in [-0.2, -0.15) is 8.78 Å². The summed E-state index contributed by atoms with van der Waals surface area (Å²) in [7, 11) is 0. The van der Waals surface area contributed by atoms with Crippen LogP contribution in [-0.2, 0) is 6.54 Å². The molecule has 0 saturated carbocycles. The Morgan fingerprint density at radius 2 is 2.00 bits per heavy atom. The van der Waals surface area contributed by atoms with Crippen molar-refractivity contribution in [2.45, 2.75) is 18.9 Å². The molecule has 104 valence electrons. The first-order valence-electron chi connectivity index (χ1n) is 4.96. The lowest BCUT2D eigenvalue weighted by Gasteiger charge is -2.16. The average Bonchev–Trinajstić information content (AvgIpc) is 2.56. The zero-order chi connectivity index (χ0) is 14.4. The Hall–Kier alpha value is -0.710. The molecule has 1 heterocycles. The number of rotatable bonds is 3. The number of imidazole rings is 1. The molecule has 1 N–H and O–H groups in total. The number of fused-ring (bicyclic) bond motifs is 1. The molecular formula is C10H6F5IN2S. The number of aromatic nitrogens is 2. The van der Waals surface area contributed by atoms with Gasteiger partial charge in [0.1, 0.15) is 5.82 Å². The molecule has 1 aromatic carbocycles. The highest BCUT2D eigenvalue weighted by Crippen LogP contribution is 2.28. The number of alkyl halides is 4. The lowest BCUT2D eigenvalue weighted by molar-refractivity contribution is -0.137. The molecule has 0 atom stereocenters. The van der Waals surface area contributed by atoms with Crippen molar-refractivity contribution in [2.75, 3.05) is 0 Å². The van der Waals surface area contributed by atoms with Gasteiger partial charge in [-0.1, -0.05) is 0 Å². The molecule has 19 heavy (non-hydrogen) atoms. The molecule has 0 spiro atoms. The van der Waals surface area contributed by atoms with Gasteiger partial charge in [-0.15, -0.1) is 0 Å². The third-order valence-electron chi connectivity index (χ3n) is 2.50. The minimum Gasteiger partial charge on any atom is -0.331 e. The van der Waals surface area contributed by atoms with Crippen molar-refractivity contribution in [3.05, 3.63) is 26.3 Å². The van der Waals surface area contributed by atoms with Crippen LogP contribution in [0.3, 0.4) is 0 Å². The smallest absolute Gasteiger partial charge is 0.324 e. The van der Waals surface area contributed by atoms with Crippen molar-refractivity contribution in [3.63, 3.8) is 0 Å². The van der Waals surface area contributed by atoms with Gasteiger partial charge in [0.05, 0.1) is 21.1 Å². The molecular weight excluding hydrogens is 402 g/mol. The zero-order valence-electron chi connectivity index (χ0n) is 9.06. The maximum atomic E-state index is 13.4. The zero-order valence-corrected chi connectivity index (χ0v) is 12.0. The molecule has 0 amide bonds. The topological polar surface area (TPSA) is 20.7 Å². The molecule has 0 aliphatic carbocycles. The first-order valence-corrected chi connectivity index (χ1v) is 6.44. The second-order valence-corrected chi connectivity index (χ2v) is 5.41. The summed E-state index contributed by atoms with van der Waals surface area (Å²) in [6.45, 7) is -1.30. The third kappa shape index (κ3) is 2.76. The van der Waals surface area contributed by atoms with Gasteiger partial charge in [0.15, 0.2) is 4.77 Å². The Morgan fingerprint density at radius 1 is 1.37 bits per heavy atom. The lowest BCUT2D eigenvalue weighted by atomic mass is 10.3. The summed E-state index contributed by atoms with van der Waals surface area (Å²) in [5.41, 5.74) is 0.351. The van der Waals surface area contributed by atoms with Gasteiger partial charge < -0.3 is 9.55 Å². The van der Waals surface area contributed by atoms with Gasteiger partial charge in [0.25, 0.3) is 0 Å². The van der Waals surface area contributed by atoms with Crippen LogP contribution in [0.1, 0.15) is 0 Å². The van der Waals surface area contributed by atoms with E-state index < -0.39 is 24.7 Å². The second-order valence-electron chi connectivity index (χ2n) is 3.86. The van der Waals surface area contributed by atoms with E-state index in [2.05, 4.69) is 4.98 Å². The van der Waals surface area contributed by atoms with Gasteiger partial charge in [-0.05, 0) is 40.9 Å². The third-order valence-corrected chi connectivity index (χ3v) is 3.65. The predicted molar refractivity (Wildman–Crippen MR) is 70.7 cm³/mol. The van der Waals surface area contributed by atoms with E-state index in [-0.39, 0.29) is 13.9 Å². The van der Waals surface area contributed by atoms with E-state index in [1.807, 2.05) is 0 Å². The van der Waals surface area contributed by atoms with E-state index in [4.69, 9.17) is 12.2 Å². The Balaban J connectivity index is 2.58. The summed E-state index contributed by atoms with van der Waals surface area (Å²) in [5, 5.41) is 0. The molecule has 0 aliphatic heterocycles. The summed E-state index contributed by atoms with van der Waals surface area (Å²) >= 11 is 6.52. The van der Waals surface area contributed by atoms with Crippen LogP contribution in [0.2, 0.25) is 0 Å². The average molecular weight is 408 g/mol. The minimum atomic E-state index is -4.23. The molecule has 2 rings (SSSR count).